The molecule has 2 saturated heterocycles. The number of likely N-dealkylation sites (tertiary alicyclic amines) is 1. The monoisotopic (exact) mass is 179 g/mol. The smallest absolute Gasteiger partial charge is 0.0718 e. The second-order valence-electron chi connectivity index (χ2n) is 3.88. The summed E-state index contributed by atoms with van der Waals surface area (Å²) < 4.78 is 5.54. The zero-order valence-electron chi connectivity index (χ0n) is 7.44. The maximum absolute atomic E-state index is 5.54. The van der Waals surface area contributed by atoms with Crippen LogP contribution in [-0.4, -0.2) is 40.4 Å². The second-order valence-corrected chi connectivity index (χ2v) is 3.88. The first-order chi connectivity index (χ1) is 6.42. The molecule has 0 saturated carbocycles. The summed E-state index contributed by atoms with van der Waals surface area (Å²) in [4.78, 5) is 2.49. The third-order valence-corrected chi connectivity index (χ3v) is 2.95. The van der Waals surface area contributed by atoms with Gasteiger partial charge in [-0.05, 0) is 6.42 Å². The highest BCUT2D eigenvalue weighted by atomic mass is 16.5. The molecule has 3 rings (SSSR count). The summed E-state index contributed by atoms with van der Waals surface area (Å²) in [7, 11) is 0. The van der Waals surface area contributed by atoms with Crippen LogP contribution in [0.15, 0.2) is 12.4 Å². The van der Waals surface area contributed by atoms with E-state index >= 15 is 0 Å². The van der Waals surface area contributed by atoms with Crippen molar-refractivity contribution in [3.63, 3.8) is 0 Å². The minimum atomic E-state index is 0.497. The van der Waals surface area contributed by atoms with E-state index in [-0.39, 0.29) is 0 Å². The molecule has 0 radical (unpaired) electrons. The first-order valence-corrected chi connectivity index (χ1v) is 4.75. The third kappa shape index (κ3) is 1.26. The Labute approximate surface area is 76.9 Å². The van der Waals surface area contributed by atoms with Gasteiger partial charge in [0, 0.05) is 30.9 Å². The fourth-order valence-corrected chi connectivity index (χ4v) is 2.27. The molecule has 1 N–H and O–H groups in total. The molecule has 2 unspecified atom stereocenters. The zero-order chi connectivity index (χ0) is 8.67. The number of aromatic amines is 1. The van der Waals surface area contributed by atoms with Gasteiger partial charge in [0.15, 0.2) is 0 Å². The maximum atomic E-state index is 5.54. The van der Waals surface area contributed by atoms with Gasteiger partial charge in [-0.1, -0.05) is 0 Å². The Bertz CT molecular complexity index is 285. The fraction of sp³-hybridized carbons (Fsp3) is 0.667. The van der Waals surface area contributed by atoms with Crippen molar-refractivity contribution in [2.75, 3.05) is 13.2 Å². The molecule has 2 aliphatic rings. The second kappa shape index (κ2) is 2.82. The van der Waals surface area contributed by atoms with Crippen molar-refractivity contribution in [3.05, 3.63) is 18.0 Å². The Kier molecular flexibility index (Phi) is 1.63. The fourth-order valence-electron chi connectivity index (χ4n) is 2.27. The molecule has 2 atom stereocenters. The summed E-state index contributed by atoms with van der Waals surface area (Å²) in [6.07, 6.45) is 5.58. The standard InChI is InChI=1S/C9H13N3O/c1-8-6-13-9(1)5-12(8)4-7-2-10-11-3-7/h2-3,8-9H,1,4-6H2,(H,10,11). The van der Waals surface area contributed by atoms with Gasteiger partial charge in [0.1, 0.15) is 0 Å². The molecule has 0 aliphatic carbocycles. The van der Waals surface area contributed by atoms with E-state index in [1.165, 1.54) is 12.0 Å². The number of ether oxygens (including phenoxy) is 1. The Morgan fingerprint density at radius 1 is 1.69 bits per heavy atom. The predicted molar refractivity (Wildman–Crippen MR) is 47.1 cm³/mol. The summed E-state index contributed by atoms with van der Waals surface area (Å²) in [5.74, 6) is 0. The molecular formula is C9H13N3O. The van der Waals surface area contributed by atoms with Gasteiger partial charge < -0.3 is 4.74 Å². The van der Waals surface area contributed by atoms with Crippen LogP contribution in [0.1, 0.15) is 12.0 Å². The molecule has 4 nitrogen and oxygen atoms in total. The first-order valence-electron chi connectivity index (χ1n) is 4.75. The molecule has 3 heterocycles. The molecule has 4 heteroatoms. The molecule has 1 aromatic heterocycles. The molecule has 2 fully saturated rings. The van der Waals surface area contributed by atoms with Gasteiger partial charge in [-0.25, -0.2) is 0 Å². The normalized spacial score (nSPS) is 32.9. The van der Waals surface area contributed by atoms with Crippen LogP contribution < -0.4 is 0 Å². The van der Waals surface area contributed by atoms with Gasteiger partial charge in [-0.3, -0.25) is 10.00 Å². The lowest BCUT2D eigenvalue weighted by Crippen LogP contribution is -2.36. The van der Waals surface area contributed by atoms with Crippen molar-refractivity contribution >= 4 is 0 Å². The van der Waals surface area contributed by atoms with Crippen LogP contribution in [0.25, 0.3) is 0 Å². The van der Waals surface area contributed by atoms with E-state index in [1.807, 2.05) is 12.4 Å². The number of H-pyrrole nitrogens is 1. The Morgan fingerprint density at radius 2 is 2.69 bits per heavy atom. The average Bonchev–Trinajstić information content (AvgIpc) is 2.77. The quantitative estimate of drug-likeness (QED) is 0.713. The van der Waals surface area contributed by atoms with Crippen LogP contribution in [0.5, 0.6) is 0 Å². The molecule has 13 heavy (non-hydrogen) atoms. The van der Waals surface area contributed by atoms with E-state index in [2.05, 4.69) is 15.1 Å². The maximum Gasteiger partial charge on any atom is 0.0718 e. The van der Waals surface area contributed by atoms with Crippen molar-refractivity contribution in [1.82, 2.24) is 15.1 Å². The molecule has 0 spiro atoms. The Balaban J connectivity index is 1.68. The van der Waals surface area contributed by atoms with Gasteiger partial charge >= 0.3 is 0 Å². The van der Waals surface area contributed by atoms with E-state index in [9.17, 15) is 0 Å². The van der Waals surface area contributed by atoms with E-state index in [0.29, 0.717) is 12.1 Å². The molecule has 0 aromatic carbocycles. The summed E-state index contributed by atoms with van der Waals surface area (Å²) in [5.41, 5.74) is 1.27. The van der Waals surface area contributed by atoms with Crippen molar-refractivity contribution in [1.29, 1.82) is 0 Å². The third-order valence-electron chi connectivity index (χ3n) is 2.95. The van der Waals surface area contributed by atoms with Crippen molar-refractivity contribution in [2.24, 2.45) is 0 Å². The molecule has 1 aromatic rings. The SMILES string of the molecule is c1n[nH]cc1CN1CC2CC1CO2. The largest absolute Gasteiger partial charge is 0.375 e. The van der Waals surface area contributed by atoms with Gasteiger partial charge in [-0.15, -0.1) is 0 Å². The van der Waals surface area contributed by atoms with E-state index in [0.717, 1.165) is 19.7 Å². The van der Waals surface area contributed by atoms with Crippen molar-refractivity contribution in [3.8, 4) is 0 Å². The van der Waals surface area contributed by atoms with Gasteiger partial charge in [-0.2, -0.15) is 5.10 Å². The molecule has 2 bridgehead atoms. The number of rotatable bonds is 2. The van der Waals surface area contributed by atoms with Crippen LogP contribution in [0, 0.1) is 0 Å². The highest BCUT2D eigenvalue weighted by Gasteiger charge is 2.38. The number of nitrogens with one attached hydrogen (secondary N) is 1. The predicted octanol–water partition coefficient (Wildman–Crippen LogP) is 0.383. The summed E-state index contributed by atoms with van der Waals surface area (Å²) in [6, 6.07) is 0.653. The van der Waals surface area contributed by atoms with E-state index < -0.39 is 0 Å². The minimum Gasteiger partial charge on any atom is -0.375 e. The highest BCUT2D eigenvalue weighted by molar-refractivity contribution is 5.04. The summed E-state index contributed by atoms with van der Waals surface area (Å²) in [5, 5.41) is 6.78. The van der Waals surface area contributed by atoms with Crippen molar-refractivity contribution in [2.45, 2.75) is 25.1 Å². The van der Waals surface area contributed by atoms with Crippen LogP contribution in [0.3, 0.4) is 0 Å². The topological polar surface area (TPSA) is 41.2 Å². The lowest BCUT2D eigenvalue weighted by Gasteiger charge is -2.25. The number of morpholine rings is 1. The van der Waals surface area contributed by atoms with Crippen LogP contribution in [0.4, 0.5) is 0 Å². The van der Waals surface area contributed by atoms with E-state index in [4.69, 9.17) is 4.74 Å². The van der Waals surface area contributed by atoms with Crippen LogP contribution in [-0.2, 0) is 11.3 Å². The van der Waals surface area contributed by atoms with E-state index in [1.54, 1.807) is 0 Å². The number of fused-ring (bicyclic) bond motifs is 2. The van der Waals surface area contributed by atoms with Crippen LogP contribution in [0.2, 0.25) is 0 Å². The summed E-state index contributed by atoms with van der Waals surface area (Å²) >= 11 is 0. The number of hydrogen-bond acceptors (Lipinski definition) is 3. The first kappa shape index (κ1) is 7.53. The van der Waals surface area contributed by atoms with Gasteiger partial charge in [0.2, 0.25) is 0 Å². The molecule has 0 amide bonds. The highest BCUT2D eigenvalue weighted by Crippen LogP contribution is 2.28. The summed E-state index contributed by atoms with van der Waals surface area (Å²) in [6.45, 7) is 3.03. The molecule has 70 valence electrons. The van der Waals surface area contributed by atoms with Gasteiger partial charge in [0.05, 0.1) is 18.9 Å². The lowest BCUT2D eigenvalue weighted by molar-refractivity contribution is 0.0273. The Morgan fingerprint density at radius 3 is 3.31 bits per heavy atom. The van der Waals surface area contributed by atoms with Crippen molar-refractivity contribution < 1.29 is 4.74 Å². The number of hydrogen-bond donors (Lipinski definition) is 1. The minimum absolute atomic E-state index is 0.497. The molecular weight excluding hydrogens is 166 g/mol. The Hall–Kier alpha value is -0.870. The lowest BCUT2D eigenvalue weighted by atomic mass is 10.2. The zero-order valence-corrected chi connectivity index (χ0v) is 7.44. The van der Waals surface area contributed by atoms with Gasteiger partial charge in [0.25, 0.3) is 0 Å². The van der Waals surface area contributed by atoms with Crippen LogP contribution >= 0.6 is 0 Å². The number of nitrogens with zero attached hydrogens (tertiary/aromatic N) is 2. The number of aromatic nitrogens is 2. The average molecular weight is 179 g/mol. The molecule has 2 aliphatic heterocycles.